The average Bonchev–Trinajstić information content (AvgIpc) is 3.03. The number of aliphatic imine (C=N–C) groups is 1. The Balaban J connectivity index is 1.77. The van der Waals surface area contributed by atoms with E-state index in [9.17, 15) is 4.79 Å². The van der Waals surface area contributed by atoms with Crippen molar-refractivity contribution in [2.75, 3.05) is 10.6 Å². The number of aryl methyl sites for hydroxylation is 1. The number of hydrogen-bond donors (Lipinski definition) is 2. The van der Waals surface area contributed by atoms with Crippen LogP contribution >= 0.6 is 11.6 Å². The lowest BCUT2D eigenvalue weighted by atomic mass is 10.0. The van der Waals surface area contributed by atoms with Crippen LogP contribution in [0.2, 0.25) is 5.02 Å². The van der Waals surface area contributed by atoms with Gasteiger partial charge in [-0.2, -0.15) is 0 Å². The number of aromatic nitrogens is 1. The lowest BCUT2D eigenvalue weighted by Gasteiger charge is -2.14. The van der Waals surface area contributed by atoms with Gasteiger partial charge >= 0.3 is 0 Å². The van der Waals surface area contributed by atoms with E-state index in [1.54, 1.807) is 6.07 Å². The number of anilines is 2. The van der Waals surface area contributed by atoms with Crippen molar-refractivity contribution >= 4 is 40.3 Å². The third-order valence-electron chi connectivity index (χ3n) is 4.50. The Labute approximate surface area is 174 Å². The second-order valence-electron chi connectivity index (χ2n) is 7.35. The maximum absolute atomic E-state index is 12.5. The van der Waals surface area contributed by atoms with Crippen molar-refractivity contribution in [2.45, 2.75) is 33.2 Å². The third-order valence-corrected chi connectivity index (χ3v) is 4.81. The Kier molecular flexibility index (Phi) is 5.11. The molecular formula is C22H21ClN4O2. The maximum Gasteiger partial charge on any atom is 0.230 e. The lowest BCUT2D eigenvalue weighted by Crippen LogP contribution is -2.15. The molecule has 1 aromatic heterocycles. The van der Waals surface area contributed by atoms with Crippen LogP contribution in [-0.2, 0) is 4.79 Å². The fourth-order valence-corrected chi connectivity index (χ4v) is 3.44. The molecule has 4 rings (SSSR count). The standard InChI is InChI=1S/C22H21ClN4O2/c1-12(2)24-18-10-20-19(9-16(18)23)26-22(28)11-17(25-20)14-5-4-6-15(8-14)21-7-13(3)27-29-21/h4-10,12,24H,11H2,1-3H3,(H,26,28). The van der Waals surface area contributed by atoms with Crippen LogP contribution in [0.25, 0.3) is 11.3 Å². The molecule has 2 N–H and O–H groups in total. The zero-order valence-corrected chi connectivity index (χ0v) is 17.2. The van der Waals surface area contributed by atoms with E-state index in [0.717, 1.165) is 22.5 Å². The van der Waals surface area contributed by atoms with Gasteiger partial charge in [-0.15, -0.1) is 0 Å². The Hall–Kier alpha value is -3.12. The van der Waals surface area contributed by atoms with Crippen LogP contribution in [0.15, 0.2) is 52.0 Å². The predicted molar refractivity (Wildman–Crippen MR) is 116 cm³/mol. The van der Waals surface area contributed by atoms with Crippen LogP contribution < -0.4 is 10.6 Å². The minimum absolute atomic E-state index is 0.135. The Morgan fingerprint density at radius 1 is 1.17 bits per heavy atom. The summed E-state index contributed by atoms with van der Waals surface area (Å²) < 4.78 is 5.37. The third kappa shape index (κ3) is 4.17. The van der Waals surface area contributed by atoms with Crippen LogP contribution in [0.3, 0.4) is 0 Å². The molecule has 2 heterocycles. The SMILES string of the molecule is Cc1cc(-c2cccc(C3=Nc4cc(NC(C)C)c(Cl)cc4NC(=O)C3)c2)on1. The highest BCUT2D eigenvalue weighted by atomic mass is 35.5. The van der Waals surface area contributed by atoms with Crippen LogP contribution in [0.4, 0.5) is 17.1 Å². The summed E-state index contributed by atoms with van der Waals surface area (Å²) in [6.07, 6.45) is 0.165. The van der Waals surface area contributed by atoms with Crippen molar-refractivity contribution in [1.29, 1.82) is 0 Å². The summed E-state index contributed by atoms with van der Waals surface area (Å²) in [5.74, 6) is 0.544. The zero-order valence-electron chi connectivity index (χ0n) is 16.4. The first-order valence-corrected chi connectivity index (χ1v) is 9.78. The van der Waals surface area contributed by atoms with Gasteiger partial charge in [0.05, 0.1) is 39.9 Å². The first-order chi connectivity index (χ1) is 13.9. The van der Waals surface area contributed by atoms with Crippen molar-refractivity contribution in [3.05, 3.63) is 58.7 Å². The number of hydrogen-bond acceptors (Lipinski definition) is 5. The molecule has 1 amide bonds. The van der Waals surface area contributed by atoms with Crippen molar-refractivity contribution in [3.63, 3.8) is 0 Å². The van der Waals surface area contributed by atoms with Crippen molar-refractivity contribution in [3.8, 4) is 11.3 Å². The van der Waals surface area contributed by atoms with E-state index in [0.29, 0.717) is 27.9 Å². The van der Waals surface area contributed by atoms with Crippen molar-refractivity contribution in [1.82, 2.24) is 5.16 Å². The maximum atomic E-state index is 12.5. The number of carbonyl (C=O) groups is 1. The molecule has 0 atom stereocenters. The topological polar surface area (TPSA) is 79.5 Å². The Morgan fingerprint density at radius 2 is 1.97 bits per heavy atom. The minimum atomic E-state index is -0.135. The fraction of sp³-hybridized carbons (Fsp3) is 0.227. The molecular weight excluding hydrogens is 388 g/mol. The van der Waals surface area contributed by atoms with E-state index in [4.69, 9.17) is 21.1 Å². The molecule has 7 heteroatoms. The predicted octanol–water partition coefficient (Wildman–Crippen LogP) is 5.59. The molecule has 0 bridgehead atoms. The quantitative estimate of drug-likeness (QED) is 0.590. The smallest absolute Gasteiger partial charge is 0.230 e. The van der Waals surface area contributed by atoms with Gasteiger partial charge in [-0.05, 0) is 44.5 Å². The number of carbonyl (C=O) groups excluding carboxylic acids is 1. The molecule has 29 heavy (non-hydrogen) atoms. The van der Waals surface area contributed by atoms with Crippen LogP contribution in [-0.4, -0.2) is 22.8 Å². The van der Waals surface area contributed by atoms with Crippen molar-refractivity contribution < 1.29 is 9.32 Å². The molecule has 0 unspecified atom stereocenters. The number of rotatable bonds is 4. The molecule has 0 saturated heterocycles. The molecule has 2 aromatic carbocycles. The van der Waals surface area contributed by atoms with Gasteiger partial charge in [0.2, 0.25) is 5.91 Å². The molecule has 148 valence electrons. The highest BCUT2D eigenvalue weighted by molar-refractivity contribution is 6.34. The summed E-state index contributed by atoms with van der Waals surface area (Å²) in [6.45, 7) is 5.95. The van der Waals surface area contributed by atoms with Gasteiger partial charge in [0.15, 0.2) is 5.76 Å². The Morgan fingerprint density at radius 3 is 2.69 bits per heavy atom. The van der Waals surface area contributed by atoms with Gasteiger partial charge in [0.25, 0.3) is 0 Å². The van der Waals surface area contributed by atoms with Gasteiger partial charge in [-0.1, -0.05) is 35.0 Å². The molecule has 1 aliphatic rings. The Bertz CT molecular complexity index is 1120. The lowest BCUT2D eigenvalue weighted by molar-refractivity contribution is -0.115. The van der Waals surface area contributed by atoms with Gasteiger partial charge in [-0.3, -0.25) is 9.79 Å². The molecule has 0 radical (unpaired) electrons. The largest absolute Gasteiger partial charge is 0.382 e. The molecule has 0 fully saturated rings. The van der Waals surface area contributed by atoms with Gasteiger partial charge in [0, 0.05) is 17.7 Å². The summed E-state index contributed by atoms with van der Waals surface area (Å²) in [7, 11) is 0. The number of nitrogens with one attached hydrogen (secondary N) is 2. The number of nitrogens with zero attached hydrogens (tertiary/aromatic N) is 2. The molecule has 0 spiro atoms. The average molecular weight is 409 g/mol. The summed E-state index contributed by atoms with van der Waals surface area (Å²) in [4.78, 5) is 17.3. The van der Waals surface area contributed by atoms with E-state index in [1.807, 2.05) is 57.2 Å². The van der Waals surface area contributed by atoms with E-state index < -0.39 is 0 Å². The molecule has 6 nitrogen and oxygen atoms in total. The normalized spacial score (nSPS) is 13.6. The minimum Gasteiger partial charge on any atom is -0.382 e. The van der Waals surface area contributed by atoms with Crippen LogP contribution in [0.1, 0.15) is 31.5 Å². The zero-order chi connectivity index (χ0) is 20.5. The highest BCUT2D eigenvalue weighted by Gasteiger charge is 2.20. The van der Waals surface area contributed by atoms with Crippen molar-refractivity contribution in [2.24, 2.45) is 4.99 Å². The summed E-state index contributed by atoms with van der Waals surface area (Å²) >= 11 is 6.37. The fourth-order valence-electron chi connectivity index (χ4n) is 3.23. The molecule has 1 aliphatic heterocycles. The summed E-state index contributed by atoms with van der Waals surface area (Å²) in [5.41, 5.74) is 5.28. The number of benzene rings is 2. The van der Waals surface area contributed by atoms with E-state index >= 15 is 0 Å². The van der Waals surface area contributed by atoms with E-state index in [-0.39, 0.29) is 18.4 Å². The van der Waals surface area contributed by atoms with Gasteiger partial charge < -0.3 is 15.2 Å². The highest BCUT2D eigenvalue weighted by Crippen LogP contribution is 2.37. The van der Waals surface area contributed by atoms with Crippen LogP contribution in [0, 0.1) is 6.92 Å². The second kappa shape index (κ2) is 7.72. The number of halogens is 1. The van der Waals surface area contributed by atoms with Gasteiger partial charge in [-0.25, -0.2) is 0 Å². The number of fused-ring (bicyclic) bond motifs is 1. The number of amides is 1. The van der Waals surface area contributed by atoms with Gasteiger partial charge in [0.1, 0.15) is 0 Å². The monoisotopic (exact) mass is 408 g/mol. The van der Waals surface area contributed by atoms with E-state index in [2.05, 4.69) is 15.8 Å². The van der Waals surface area contributed by atoms with Crippen LogP contribution in [0.5, 0.6) is 0 Å². The molecule has 0 saturated carbocycles. The summed E-state index contributed by atoms with van der Waals surface area (Å²) in [6, 6.07) is 13.5. The first kappa shape index (κ1) is 19.2. The first-order valence-electron chi connectivity index (χ1n) is 9.40. The molecule has 0 aliphatic carbocycles. The second-order valence-corrected chi connectivity index (χ2v) is 7.75. The van der Waals surface area contributed by atoms with E-state index in [1.165, 1.54) is 0 Å². The summed E-state index contributed by atoms with van der Waals surface area (Å²) in [5, 5.41) is 10.7. The molecule has 3 aromatic rings.